The Morgan fingerprint density at radius 2 is 1.26 bits per heavy atom. The summed E-state index contributed by atoms with van der Waals surface area (Å²) in [5, 5.41) is 0. The van der Waals surface area contributed by atoms with E-state index in [4.69, 9.17) is 4.74 Å². The highest BCUT2D eigenvalue weighted by molar-refractivity contribution is 5.69. The third-order valence-electron chi connectivity index (χ3n) is 4.78. The van der Waals surface area contributed by atoms with Gasteiger partial charge >= 0.3 is 5.97 Å². The van der Waals surface area contributed by atoms with Gasteiger partial charge in [-0.05, 0) is 65.9 Å². The molecule has 0 fully saturated rings. The zero-order valence-electron chi connectivity index (χ0n) is 18.7. The number of allylic oxidation sites excluding steroid dienone is 5. The van der Waals surface area contributed by atoms with E-state index in [1.807, 2.05) is 0 Å². The van der Waals surface area contributed by atoms with Gasteiger partial charge in [-0.15, -0.1) is 0 Å². The van der Waals surface area contributed by atoms with Crippen molar-refractivity contribution in [3.8, 4) is 0 Å². The topological polar surface area (TPSA) is 26.3 Å². The van der Waals surface area contributed by atoms with Crippen LogP contribution in [0, 0.1) is 0 Å². The highest BCUT2D eigenvalue weighted by atomic mass is 16.5. The number of esters is 1. The van der Waals surface area contributed by atoms with Gasteiger partial charge in [0.1, 0.15) is 6.61 Å². The standard InChI is InChI=1S/C25H44O2/c1-6-7-8-9-10-11-12-19-25(26)27-21-20-24(5)18-14-17-23(4)16-13-15-22(2)3/h15,17,20H,6-14,16,18-19,21H2,1-5H3. The quantitative estimate of drug-likeness (QED) is 0.154. The largest absolute Gasteiger partial charge is 0.461 e. The molecule has 27 heavy (non-hydrogen) atoms. The molecule has 0 aliphatic heterocycles. The first kappa shape index (κ1) is 25.7. The minimum atomic E-state index is -0.0531. The zero-order chi connectivity index (χ0) is 20.3. The Morgan fingerprint density at radius 3 is 1.89 bits per heavy atom. The Labute approximate surface area is 169 Å². The smallest absolute Gasteiger partial charge is 0.306 e. The number of ether oxygens (including phenoxy) is 1. The molecule has 0 bridgehead atoms. The van der Waals surface area contributed by atoms with E-state index in [0.717, 1.165) is 38.5 Å². The predicted molar refractivity (Wildman–Crippen MR) is 119 cm³/mol. The molecule has 0 aliphatic carbocycles. The molecule has 0 aliphatic rings. The fourth-order valence-corrected chi connectivity index (χ4v) is 2.91. The van der Waals surface area contributed by atoms with Crippen LogP contribution in [0.5, 0.6) is 0 Å². The van der Waals surface area contributed by atoms with Gasteiger partial charge in [-0.3, -0.25) is 4.79 Å². The lowest BCUT2D eigenvalue weighted by atomic mass is 10.1. The fourth-order valence-electron chi connectivity index (χ4n) is 2.91. The van der Waals surface area contributed by atoms with Gasteiger partial charge < -0.3 is 4.74 Å². The van der Waals surface area contributed by atoms with Crippen LogP contribution in [-0.4, -0.2) is 12.6 Å². The molecular formula is C25H44O2. The van der Waals surface area contributed by atoms with Crippen LogP contribution in [0.15, 0.2) is 34.9 Å². The van der Waals surface area contributed by atoms with Gasteiger partial charge in [0, 0.05) is 6.42 Å². The lowest BCUT2D eigenvalue weighted by molar-refractivity contribution is -0.142. The van der Waals surface area contributed by atoms with Crippen LogP contribution in [0.2, 0.25) is 0 Å². The highest BCUT2D eigenvalue weighted by Gasteiger charge is 2.01. The number of carbonyl (C=O) groups excluding carboxylic acids is 1. The van der Waals surface area contributed by atoms with Crippen molar-refractivity contribution in [2.24, 2.45) is 0 Å². The highest BCUT2D eigenvalue weighted by Crippen LogP contribution is 2.12. The summed E-state index contributed by atoms with van der Waals surface area (Å²) in [7, 11) is 0. The van der Waals surface area contributed by atoms with Crippen molar-refractivity contribution in [3.05, 3.63) is 34.9 Å². The third kappa shape index (κ3) is 19.3. The van der Waals surface area contributed by atoms with Crippen molar-refractivity contribution < 1.29 is 9.53 Å². The monoisotopic (exact) mass is 376 g/mol. The van der Waals surface area contributed by atoms with E-state index in [1.54, 1.807) is 0 Å². The van der Waals surface area contributed by atoms with Gasteiger partial charge in [-0.1, -0.05) is 74.3 Å². The van der Waals surface area contributed by atoms with Crippen LogP contribution in [0.25, 0.3) is 0 Å². The normalized spacial score (nSPS) is 12.2. The van der Waals surface area contributed by atoms with E-state index >= 15 is 0 Å². The van der Waals surface area contributed by atoms with Crippen LogP contribution in [0.3, 0.4) is 0 Å². The number of hydrogen-bond donors (Lipinski definition) is 0. The van der Waals surface area contributed by atoms with Gasteiger partial charge in [-0.2, -0.15) is 0 Å². The first-order valence-electron chi connectivity index (χ1n) is 11.1. The van der Waals surface area contributed by atoms with Gasteiger partial charge in [0.15, 0.2) is 0 Å². The Morgan fingerprint density at radius 1 is 0.704 bits per heavy atom. The van der Waals surface area contributed by atoms with Crippen molar-refractivity contribution in [2.45, 2.75) is 112 Å². The molecule has 2 nitrogen and oxygen atoms in total. The Bertz CT molecular complexity index is 465. The number of unbranched alkanes of at least 4 members (excludes halogenated alkanes) is 6. The second-order valence-corrected chi connectivity index (χ2v) is 8.01. The number of carbonyl (C=O) groups is 1. The first-order valence-corrected chi connectivity index (χ1v) is 11.1. The van der Waals surface area contributed by atoms with E-state index in [-0.39, 0.29) is 5.97 Å². The molecular weight excluding hydrogens is 332 g/mol. The number of hydrogen-bond acceptors (Lipinski definition) is 2. The van der Waals surface area contributed by atoms with Crippen LogP contribution < -0.4 is 0 Å². The summed E-state index contributed by atoms with van der Waals surface area (Å²) in [5.41, 5.74) is 4.15. The van der Waals surface area contributed by atoms with E-state index in [2.05, 4.69) is 52.8 Å². The zero-order valence-corrected chi connectivity index (χ0v) is 18.7. The summed E-state index contributed by atoms with van der Waals surface area (Å²) in [4.78, 5) is 11.7. The Hall–Kier alpha value is -1.31. The molecule has 0 saturated heterocycles. The van der Waals surface area contributed by atoms with Crippen LogP contribution in [-0.2, 0) is 9.53 Å². The maximum Gasteiger partial charge on any atom is 0.306 e. The van der Waals surface area contributed by atoms with Gasteiger partial charge in [-0.25, -0.2) is 0 Å². The molecule has 0 radical (unpaired) electrons. The molecule has 156 valence electrons. The van der Waals surface area contributed by atoms with Crippen molar-refractivity contribution in [2.75, 3.05) is 6.61 Å². The minimum absolute atomic E-state index is 0.0531. The van der Waals surface area contributed by atoms with E-state index in [1.165, 1.54) is 48.8 Å². The average molecular weight is 377 g/mol. The lowest BCUT2D eigenvalue weighted by Crippen LogP contribution is -2.04. The predicted octanol–water partition coefficient (Wildman–Crippen LogP) is 8.09. The summed E-state index contributed by atoms with van der Waals surface area (Å²) in [6.07, 6.45) is 20.2. The molecule has 0 amide bonds. The van der Waals surface area contributed by atoms with Crippen molar-refractivity contribution in [3.63, 3.8) is 0 Å². The molecule has 0 unspecified atom stereocenters. The summed E-state index contributed by atoms with van der Waals surface area (Å²) in [6.45, 7) is 11.3. The fraction of sp³-hybridized carbons (Fsp3) is 0.720. The van der Waals surface area contributed by atoms with Crippen molar-refractivity contribution in [1.29, 1.82) is 0 Å². The molecule has 0 aromatic heterocycles. The second-order valence-electron chi connectivity index (χ2n) is 8.01. The first-order chi connectivity index (χ1) is 13.0. The Kier molecular flexibility index (Phi) is 17.2. The molecule has 0 saturated carbocycles. The second kappa shape index (κ2) is 18.1. The van der Waals surface area contributed by atoms with Gasteiger partial charge in [0.05, 0.1) is 0 Å². The maximum atomic E-state index is 11.7. The average Bonchev–Trinajstić information content (AvgIpc) is 2.60. The molecule has 0 spiro atoms. The SMILES string of the molecule is CCCCCCCCCC(=O)OCC=C(C)CCC=C(C)CCC=C(C)C. The van der Waals surface area contributed by atoms with Crippen LogP contribution in [0.4, 0.5) is 0 Å². The third-order valence-corrected chi connectivity index (χ3v) is 4.78. The van der Waals surface area contributed by atoms with E-state index in [9.17, 15) is 4.79 Å². The van der Waals surface area contributed by atoms with E-state index in [0.29, 0.717) is 13.0 Å². The Balaban J connectivity index is 3.73. The molecule has 0 aromatic carbocycles. The van der Waals surface area contributed by atoms with Crippen molar-refractivity contribution >= 4 is 5.97 Å². The van der Waals surface area contributed by atoms with Crippen LogP contribution in [0.1, 0.15) is 112 Å². The van der Waals surface area contributed by atoms with Crippen LogP contribution >= 0.6 is 0 Å². The summed E-state index contributed by atoms with van der Waals surface area (Å²) < 4.78 is 5.32. The summed E-state index contributed by atoms with van der Waals surface area (Å²) >= 11 is 0. The summed E-state index contributed by atoms with van der Waals surface area (Å²) in [6, 6.07) is 0. The minimum Gasteiger partial charge on any atom is -0.461 e. The molecule has 0 atom stereocenters. The molecule has 2 heteroatoms. The molecule has 0 heterocycles. The lowest BCUT2D eigenvalue weighted by Gasteiger charge is -2.04. The maximum absolute atomic E-state index is 11.7. The van der Waals surface area contributed by atoms with Gasteiger partial charge in [0.2, 0.25) is 0 Å². The van der Waals surface area contributed by atoms with Gasteiger partial charge in [0.25, 0.3) is 0 Å². The molecule has 0 N–H and O–H groups in total. The molecule has 0 aromatic rings. The number of rotatable bonds is 16. The molecule has 0 rings (SSSR count). The van der Waals surface area contributed by atoms with E-state index < -0.39 is 0 Å². The summed E-state index contributed by atoms with van der Waals surface area (Å²) in [5.74, 6) is -0.0531. The van der Waals surface area contributed by atoms with Crippen molar-refractivity contribution in [1.82, 2.24) is 0 Å².